The Hall–Kier alpha value is -3.19. The summed E-state index contributed by atoms with van der Waals surface area (Å²) in [6.07, 6.45) is 0. The number of carbonyl (C=O) groups excluding carboxylic acids is 2. The molecule has 2 aromatic carbocycles. The quantitative estimate of drug-likeness (QED) is 0.661. The number of hydrogen-bond acceptors (Lipinski definition) is 4. The Morgan fingerprint density at radius 2 is 1.86 bits per heavy atom. The molecule has 3 aromatic rings. The number of aromatic nitrogens is 1. The molecule has 1 aromatic heterocycles. The van der Waals surface area contributed by atoms with E-state index in [0.717, 1.165) is 0 Å². The molecule has 0 bridgehead atoms. The fraction of sp³-hybridized carbons (Fsp3) is 0.150. The molecule has 144 valence electrons. The van der Waals surface area contributed by atoms with E-state index in [4.69, 9.17) is 16.1 Å². The fourth-order valence-corrected chi connectivity index (χ4v) is 2.95. The zero-order valence-corrected chi connectivity index (χ0v) is 15.9. The summed E-state index contributed by atoms with van der Waals surface area (Å²) >= 11 is 6.09. The number of aryl methyl sites for hydroxylation is 1. The van der Waals surface area contributed by atoms with Crippen molar-refractivity contribution in [3.63, 3.8) is 0 Å². The zero-order chi connectivity index (χ0) is 20.3. The van der Waals surface area contributed by atoms with Crippen LogP contribution < -0.4 is 10.6 Å². The number of halogens is 2. The molecule has 1 heterocycles. The SMILES string of the molecule is CCNC(=O)c1ccc(NC(=O)c2c(-c3c(F)cccc3Cl)noc2C)cc1. The van der Waals surface area contributed by atoms with Crippen molar-refractivity contribution in [1.29, 1.82) is 0 Å². The number of rotatable bonds is 5. The topological polar surface area (TPSA) is 84.2 Å². The summed E-state index contributed by atoms with van der Waals surface area (Å²) in [6, 6.07) is 10.6. The predicted octanol–water partition coefficient (Wildman–Crippen LogP) is 4.44. The monoisotopic (exact) mass is 401 g/mol. The Balaban J connectivity index is 1.88. The number of nitrogens with one attached hydrogen (secondary N) is 2. The van der Waals surface area contributed by atoms with Gasteiger partial charge in [-0.2, -0.15) is 0 Å². The van der Waals surface area contributed by atoms with Gasteiger partial charge >= 0.3 is 0 Å². The second kappa shape index (κ2) is 8.22. The molecule has 0 saturated carbocycles. The molecule has 6 nitrogen and oxygen atoms in total. The third-order valence-corrected chi connectivity index (χ3v) is 4.35. The fourth-order valence-electron chi connectivity index (χ4n) is 2.70. The van der Waals surface area contributed by atoms with Gasteiger partial charge in [-0.15, -0.1) is 0 Å². The van der Waals surface area contributed by atoms with E-state index in [0.29, 0.717) is 17.8 Å². The molecule has 0 unspecified atom stereocenters. The van der Waals surface area contributed by atoms with Crippen LogP contribution in [0.4, 0.5) is 10.1 Å². The smallest absolute Gasteiger partial charge is 0.261 e. The normalized spacial score (nSPS) is 10.6. The van der Waals surface area contributed by atoms with Crippen LogP contribution in [0.5, 0.6) is 0 Å². The summed E-state index contributed by atoms with van der Waals surface area (Å²) < 4.78 is 19.4. The molecule has 0 fully saturated rings. The van der Waals surface area contributed by atoms with Gasteiger partial charge in [0.05, 0.1) is 10.6 Å². The van der Waals surface area contributed by atoms with E-state index >= 15 is 0 Å². The first-order chi connectivity index (χ1) is 13.4. The van der Waals surface area contributed by atoms with Crippen LogP contribution in [-0.2, 0) is 0 Å². The lowest BCUT2D eigenvalue weighted by Crippen LogP contribution is -2.22. The van der Waals surface area contributed by atoms with Gasteiger partial charge < -0.3 is 15.2 Å². The van der Waals surface area contributed by atoms with E-state index < -0.39 is 11.7 Å². The number of benzene rings is 2. The van der Waals surface area contributed by atoms with Crippen molar-refractivity contribution < 1.29 is 18.5 Å². The second-order valence-electron chi connectivity index (χ2n) is 5.95. The van der Waals surface area contributed by atoms with Crippen LogP contribution in [0.25, 0.3) is 11.3 Å². The minimum atomic E-state index is -0.610. The molecular weight excluding hydrogens is 385 g/mol. The molecule has 0 saturated heterocycles. The first-order valence-electron chi connectivity index (χ1n) is 8.52. The summed E-state index contributed by atoms with van der Waals surface area (Å²) in [5.74, 6) is -1.11. The molecule has 0 atom stereocenters. The minimum Gasteiger partial charge on any atom is -0.360 e. The zero-order valence-electron chi connectivity index (χ0n) is 15.2. The molecular formula is C20H17ClFN3O3. The number of anilines is 1. The molecule has 0 radical (unpaired) electrons. The molecule has 0 spiro atoms. The molecule has 28 heavy (non-hydrogen) atoms. The summed E-state index contributed by atoms with van der Waals surface area (Å²) in [4.78, 5) is 24.6. The average molecular weight is 402 g/mol. The molecule has 8 heteroatoms. The van der Waals surface area contributed by atoms with Gasteiger partial charge in [-0.25, -0.2) is 4.39 Å². The van der Waals surface area contributed by atoms with Crippen LogP contribution in [-0.4, -0.2) is 23.5 Å². The van der Waals surface area contributed by atoms with Crippen LogP contribution in [0.3, 0.4) is 0 Å². The molecule has 2 N–H and O–H groups in total. The van der Waals surface area contributed by atoms with Crippen LogP contribution in [0.2, 0.25) is 5.02 Å². The Labute approximate surface area is 165 Å². The number of hydrogen-bond donors (Lipinski definition) is 2. The van der Waals surface area contributed by atoms with Crippen LogP contribution in [0.1, 0.15) is 33.4 Å². The van der Waals surface area contributed by atoms with Gasteiger partial charge in [0.25, 0.3) is 11.8 Å². The van der Waals surface area contributed by atoms with E-state index in [1.807, 2.05) is 6.92 Å². The van der Waals surface area contributed by atoms with Gasteiger partial charge in [0, 0.05) is 17.8 Å². The van der Waals surface area contributed by atoms with Gasteiger partial charge in [0.2, 0.25) is 0 Å². The Kier molecular flexibility index (Phi) is 5.75. The van der Waals surface area contributed by atoms with Crippen LogP contribution in [0, 0.1) is 12.7 Å². The van der Waals surface area contributed by atoms with Gasteiger partial charge in [-0.05, 0) is 50.2 Å². The number of carbonyl (C=O) groups is 2. The van der Waals surface area contributed by atoms with Crippen molar-refractivity contribution in [1.82, 2.24) is 10.5 Å². The highest BCUT2D eigenvalue weighted by molar-refractivity contribution is 6.33. The third kappa shape index (κ3) is 3.89. The first kappa shape index (κ1) is 19.6. The van der Waals surface area contributed by atoms with Crippen molar-refractivity contribution in [3.8, 4) is 11.3 Å². The van der Waals surface area contributed by atoms with Gasteiger partial charge in [0.1, 0.15) is 22.8 Å². The Morgan fingerprint density at radius 1 is 1.14 bits per heavy atom. The highest BCUT2D eigenvalue weighted by atomic mass is 35.5. The van der Waals surface area contributed by atoms with E-state index in [-0.39, 0.29) is 33.5 Å². The first-order valence-corrected chi connectivity index (χ1v) is 8.90. The standard InChI is InChI=1S/C20H17ClFN3O3/c1-3-23-19(26)12-7-9-13(10-8-12)24-20(27)16-11(2)28-25-18(16)17-14(21)5-4-6-15(17)22/h4-10H,3H2,1-2H3,(H,23,26)(H,24,27). The van der Waals surface area contributed by atoms with Crippen molar-refractivity contribution in [2.75, 3.05) is 11.9 Å². The summed E-state index contributed by atoms with van der Waals surface area (Å²) in [6.45, 7) is 3.90. The lowest BCUT2D eigenvalue weighted by molar-refractivity contribution is 0.0955. The number of amides is 2. The molecule has 3 rings (SSSR count). The maximum Gasteiger partial charge on any atom is 0.261 e. The van der Waals surface area contributed by atoms with E-state index in [9.17, 15) is 14.0 Å². The lowest BCUT2D eigenvalue weighted by atomic mass is 10.0. The predicted molar refractivity (Wildman–Crippen MR) is 104 cm³/mol. The van der Waals surface area contributed by atoms with Crippen LogP contribution in [0.15, 0.2) is 47.0 Å². The van der Waals surface area contributed by atoms with E-state index in [2.05, 4.69) is 15.8 Å². The average Bonchev–Trinajstić information content (AvgIpc) is 3.03. The minimum absolute atomic E-state index is 0.00208. The summed E-state index contributed by atoms with van der Waals surface area (Å²) in [7, 11) is 0. The largest absolute Gasteiger partial charge is 0.360 e. The van der Waals surface area contributed by atoms with E-state index in [1.165, 1.54) is 18.2 Å². The molecule has 0 aliphatic carbocycles. The van der Waals surface area contributed by atoms with Crippen molar-refractivity contribution in [3.05, 3.63) is 70.2 Å². The molecule has 2 amide bonds. The van der Waals surface area contributed by atoms with Gasteiger partial charge in [-0.1, -0.05) is 22.8 Å². The van der Waals surface area contributed by atoms with E-state index in [1.54, 1.807) is 31.2 Å². The van der Waals surface area contributed by atoms with Crippen molar-refractivity contribution >= 4 is 29.1 Å². The highest BCUT2D eigenvalue weighted by Crippen LogP contribution is 2.33. The van der Waals surface area contributed by atoms with Crippen LogP contribution >= 0.6 is 11.6 Å². The molecule has 0 aliphatic rings. The van der Waals surface area contributed by atoms with Gasteiger partial charge in [0.15, 0.2) is 0 Å². The Morgan fingerprint density at radius 3 is 2.50 bits per heavy atom. The second-order valence-corrected chi connectivity index (χ2v) is 6.36. The third-order valence-electron chi connectivity index (χ3n) is 4.03. The number of nitrogens with zero attached hydrogens (tertiary/aromatic N) is 1. The maximum atomic E-state index is 14.3. The van der Waals surface area contributed by atoms with Crippen molar-refractivity contribution in [2.45, 2.75) is 13.8 Å². The Bertz CT molecular complexity index is 1010. The summed E-state index contributed by atoms with van der Waals surface area (Å²) in [5, 5.41) is 9.32. The lowest BCUT2D eigenvalue weighted by Gasteiger charge is -2.08. The van der Waals surface area contributed by atoms with Gasteiger partial charge in [-0.3, -0.25) is 9.59 Å². The van der Waals surface area contributed by atoms with Crippen molar-refractivity contribution in [2.24, 2.45) is 0 Å². The highest BCUT2D eigenvalue weighted by Gasteiger charge is 2.25. The summed E-state index contributed by atoms with van der Waals surface area (Å²) in [5.41, 5.74) is 1.04. The maximum absolute atomic E-state index is 14.3. The molecule has 0 aliphatic heterocycles.